The van der Waals surface area contributed by atoms with E-state index in [2.05, 4.69) is 11.1 Å². The summed E-state index contributed by atoms with van der Waals surface area (Å²) in [7, 11) is 1.80. The van der Waals surface area contributed by atoms with Crippen molar-refractivity contribution >= 4 is 19.7 Å². The Bertz CT molecular complexity index is 426. The first-order valence-corrected chi connectivity index (χ1v) is 7.64. The number of H-pyrrole nitrogens is 1. The second-order valence-corrected chi connectivity index (χ2v) is 6.89. The Morgan fingerprint density at radius 3 is 2.73 bits per heavy atom. The zero-order chi connectivity index (χ0) is 10.9. The number of aromatic nitrogens is 1. The minimum atomic E-state index is -3.37. The second-order valence-electron chi connectivity index (χ2n) is 4.00. The van der Waals surface area contributed by atoms with E-state index in [-0.39, 0.29) is 5.75 Å². The molecule has 0 bridgehead atoms. The van der Waals surface area contributed by atoms with Crippen LogP contribution in [0.2, 0.25) is 0 Å². The van der Waals surface area contributed by atoms with Gasteiger partial charge in [0.1, 0.15) is 0 Å². The van der Waals surface area contributed by atoms with Crippen LogP contribution in [0.15, 0.2) is 6.07 Å². The predicted octanol–water partition coefficient (Wildman–Crippen LogP) is 2.00. The molecule has 1 aromatic heterocycles. The molecule has 1 N–H and O–H groups in total. The zero-order valence-electron chi connectivity index (χ0n) is 8.42. The first kappa shape index (κ1) is 11.0. The summed E-state index contributed by atoms with van der Waals surface area (Å²) < 4.78 is 21.6. The van der Waals surface area contributed by atoms with Crippen LogP contribution in [0, 0.1) is 0 Å². The Labute approximate surface area is 94.3 Å². The molecule has 15 heavy (non-hydrogen) atoms. The van der Waals surface area contributed by atoms with Gasteiger partial charge in [0, 0.05) is 28.5 Å². The number of halogens is 1. The highest BCUT2D eigenvalue weighted by Gasteiger charge is 2.13. The van der Waals surface area contributed by atoms with E-state index in [1.165, 1.54) is 24.1 Å². The van der Waals surface area contributed by atoms with E-state index < -0.39 is 9.05 Å². The van der Waals surface area contributed by atoms with Crippen LogP contribution >= 0.6 is 10.7 Å². The Morgan fingerprint density at radius 1 is 1.33 bits per heavy atom. The van der Waals surface area contributed by atoms with E-state index >= 15 is 0 Å². The maximum Gasteiger partial charge on any atom is 0.232 e. The van der Waals surface area contributed by atoms with E-state index in [4.69, 9.17) is 10.7 Å². The summed E-state index contributed by atoms with van der Waals surface area (Å²) in [4.78, 5) is 3.28. The van der Waals surface area contributed by atoms with Gasteiger partial charge >= 0.3 is 0 Å². The molecule has 0 spiro atoms. The van der Waals surface area contributed by atoms with Crippen LogP contribution in [0.5, 0.6) is 0 Å². The molecule has 0 saturated carbocycles. The van der Waals surface area contributed by atoms with Gasteiger partial charge in [-0.1, -0.05) is 0 Å². The summed E-state index contributed by atoms with van der Waals surface area (Å²) in [6.45, 7) is 0. The first-order chi connectivity index (χ1) is 7.04. The largest absolute Gasteiger partial charge is 0.362 e. The van der Waals surface area contributed by atoms with Gasteiger partial charge in [-0.15, -0.1) is 0 Å². The number of rotatable bonds is 3. The molecule has 0 radical (unpaired) electrons. The number of hydrogen-bond acceptors (Lipinski definition) is 2. The fourth-order valence-corrected chi connectivity index (χ4v) is 2.73. The summed E-state index contributed by atoms with van der Waals surface area (Å²) in [5.74, 6) is 0.00789. The number of aryl methyl sites for hydroxylation is 3. The molecular formula is C10H14ClNO2S. The summed E-state index contributed by atoms with van der Waals surface area (Å²) >= 11 is 0. The van der Waals surface area contributed by atoms with Gasteiger partial charge in [0.25, 0.3) is 0 Å². The quantitative estimate of drug-likeness (QED) is 0.831. The van der Waals surface area contributed by atoms with Crippen LogP contribution in [-0.2, 0) is 28.3 Å². The molecule has 0 aromatic carbocycles. The van der Waals surface area contributed by atoms with Crippen LogP contribution in [0.3, 0.4) is 0 Å². The van der Waals surface area contributed by atoms with Gasteiger partial charge in [0.15, 0.2) is 0 Å². The zero-order valence-corrected chi connectivity index (χ0v) is 10.00. The van der Waals surface area contributed by atoms with Gasteiger partial charge in [-0.05, 0) is 37.3 Å². The first-order valence-electron chi connectivity index (χ1n) is 5.16. The van der Waals surface area contributed by atoms with E-state index in [0.29, 0.717) is 6.42 Å². The minimum Gasteiger partial charge on any atom is -0.362 e. The molecule has 0 aliphatic heterocycles. The molecule has 84 valence electrons. The van der Waals surface area contributed by atoms with Gasteiger partial charge in [-0.25, -0.2) is 8.42 Å². The monoisotopic (exact) mass is 247 g/mol. The van der Waals surface area contributed by atoms with Gasteiger partial charge in [0.05, 0.1) is 5.75 Å². The lowest BCUT2D eigenvalue weighted by Gasteiger charge is -2.09. The Hall–Kier alpha value is -0.480. The number of nitrogens with one attached hydrogen (secondary N) is 1. The smallest absolute Gasteiger partial charge is 0.232 e. The Kier molecular flexibility index (Phi) is 3.07. The van der Waals surface area contributed by atoms with Crippen LogP contribution < -0.4 is 0 Å². The minimum absolute atomic E-state index is 0.00789. The standard InChI is InChI=1S/C10H14ClNO2S/c11-15(13,14)6-5-9-7-8-3-1-2-4-10(8)12-9/h7,12H,1-6H2. The highest BCUT2D eigenvalue weighted by Crippen LogP contribution is 2.22. The highest BCUT2D eigenvalue weighted by atomic mass is 35.7. The summed E-state index contributed by atoms with van der Waals surface area (Å²) in [6, 6.07) is 2.08. The molecular weight excluding hydrogens is 234 g/mol. The van der Waals surface area contributed by atoms with E-state index in [0.717, 1.165) is 18.5 Å². The van der Waals surface area contributed by atoms with Crippen LogP contribution in [0.4, 0.5) is 0 Å². The van der Waals surface area contributed by atoms with Crippen molar-refractivity contribution in [1.82, 2.24) is 4.98 Å². The van der Waals surface area contributed by atoms with Gasteiger partial charge in [-0.2, -0.15) is 0 Å². The SMILES string of the molecule is O=S(=O)(Cl)CCc1cc2c([nH]1)CCCC2. The third-order valence-corrected chi connectivity index (χ3v) is 3.94. The maximum absolute atomic E-state index is 10.8. The fraction of sp³-hybridized carbons (Fsp3) is 0.600. The fourth-order valence-electron chi connectivity index (χ4n) is 2.04. The lowest BCUT2D eigenvalue weighted by atomic mass is 9.98. The number of fused-ring (bicyclic) bond motifs is 1. The average Bonchev–Trinajstić information content (AvgIpc) is 2.56. The van der Waals surface area contributed by atoms with Crippen LogP contribution in [-0.4, -0.2) is 19.2 Å². The molecule has 5 heteroatoms. The molecule has 1 heterocycles. The molecule has 1 aromatic rings. The normalized spacial score (nSPS) is 16.3. The van der Waals surface area contributed by atoms with Gasteiger partial charge in [-0.3, -0.25) is 0 Å². The molecule has 0 unspecified atom stereocenters. The lowest BCUT2D eigenvalue weighted by Crippen LogP contribution is -2.01. The molecule has 0 saturated heterocycles. The van der Waals surface area contributed by atoms with E-state index in [1.54, 1.807) is 0 Å². The van der Waals surface area contributed by atoms with Crippen molar-refractivity contribution in [3.8, 4) is 0 Å². The molecule has 1 aliphatic rings. The maximum atomic E-state index is 10.8. The predicted molar refractivity (Wildman–Crippen MR) is 60.8 cm³/mol. The van der Waals surface area contributed by atoms with Crippen molar-refractivity contribution in [3.05, 3.63) is 23.0 Å². The van der Waals surface area contributed by atoms with E-state index in [9.17, 15) is 8.42 Å². The Morgan fingerprint density at radius 2 is 2.07 bits per heavy atom. The number of hydrogen-bond donors (Lipinski definition) is 1. The molecule has 0 atom stereocenters. The Balaban J connectivity index is 2.07. The van der Waals surface area contributed by atoms with Crippen molar-refractivity contribution in [3.63, 3.8) is 0 Å². The van der Waals surface area contributed by atoms with Crippen LogP contribution in [0.25, 0.3) is 0 Å². The van der Waals surface area contributed by atoms with Crippen molar-refractivity contribution < 1.29 is 8.42 Å². The summed E-state index contributed by atoms with van der Waals surface area (Å²) in [5, 5.41) is 0. The van der Waals surface area contributed by atoms with Gasteiger partial charge in [0.2, 0.25) is 9.05 Å². The summed E-state index contributed by atoms with van der Waals surface area (Å²) in [5.41, 5.74) is 3.62. The lowest BCUT2D eigenvalue weighted by molar-refractivity contribution is 0.608. The highest BCUT2D eigenvalue weighted by molar-refractivity contribution is 8.13. The van der Waals surface area contributed by atoms with E-state index in [1.807, 2.05) is 0 Å². The molecule has 2 rings (SSSR count). The van der Waals surface area contributed by atoms with Crippen molar-refractivity contribution in [2.45, 2.75) is 32.1 Å². The number of aromatic amines is 1. The van der Waals surface area contributed by atoms with Crippen molar-refractivity contribution in [2.24, 2.45) is 0 Å². The molecule has 1 aliphatic carbocycles. The summed E-state index contributed by atoms with van der Waals surface area (Å²) in [6.07, 6.45) is 5.14. The average molecular weight is 248 g/mol. The molecule has 0 amide bonds. The van der Waals surface area contributed by atoms with Crippen molar-refractivity contribution in [1.29, 1.82) is 0 Å². The van der Waals surface area contributed by atoms with Crippen molar-refractivity contribution in [2.75, 3.05) is 5.75 Å². The second kappa shape index (κ2) is 4.18. The third-order valence-electron chi connectivity index (χ3n) is 2.79. The third kappa shape index (κ3) is 2.98. The topological polar surface area (TPSA) is 49.9 Å². The molecule has 0 fully saturated rings. The van der Waals surface area contributed by atoms with Gasteiger partial charge < -0.3 is 4.98 Å². The van der Waals surface area contributed by atoms with Crippen LogP contribution in [0.1, 0.15) is 29.8 Å². The molecule has 3 nitrogen and oxygen atoms in total.